The third kappa shape index (κ3) is 3.45. The first kappa shape index (κ1) is 18.8. The molecule has 3 aromatic rings. The van der Waals surface area contributed by atoms with Crippen molar-refractivity contribution in [3.63, 3.8) is 0 Å². The zero-order valence-electron chi connectivity index (χ0n) is 16.2. The van der Waals surface area contributed by atoms with E-state index in [1.807, 2.05) is 47.4 Å². The van der Waals surface area contributed by atoms with E-state index in [9.17, 15) is 9.59 Å². The normalized spacial score (nSPS) is 16.0. The van der Waals surface area contributed by atoms with Gasteiger partial charge in [-0.3, -0.25) is 14.6 Å². The molecule has 1 aliphatic heterocycles. The third-order valence-electron chi connectivity index (χ3n) is 5.52. The molecule has 1 saturated carbocycles. The Morgan fingerprint density at radius 2 is 1.90 bits per heavy atom. The smallest absolute Gasteiger partial charge is 0.275 e. The summed E-state index contributed by atoms with van der Waals surface area (Å²) in [5, 5.41) is 2.89. The summed E-state index contributed by atoms with van der Waals surface area (Å²) >= 11 is 1.56. The molecule has 0 bridgehead atoms. The average Bonchev–Trinajstić information content (AvgIpc) is 3.27. The van der Waals surface area contributed by atoms with Crippen molar-refractivity contribution in [1.29, 1.82) is 0 Å². The molecule has 2 aromatic carbocycles. The van der Waals surface area contributed by atoms with E-state index in [1.54, 1.807) is 11.8 Å². The lowest BCUT2D eigenvalue weighted by Crippen LogP contribution is -2.39. The molecule has 150 valence electrons. The van der Waals surface area contributed by atoms with Crippen LogP contribution in [-0.4, -0.2) is 27.8 Å². The first-order chi connectivity index (χ1) is 14.7. The van der Waals surface area contributed by atoms with E-state index in [0.717, 1.165) is 46.7 Å². The monoisotopic (exact) mass is 416 g/mol. The summed E-state index contributed by atoms with van der Waals surface area (Å²) in [6.07, 6.45) is 8.78. The van der Waals surface area contributed by atoms with Crippen LogP contribution in [0.2, 0.25) is 0 Å². The van der Waals surface area contributed by atoms with Crippen molar-refractivity contribution in [2.45, 2.75) is 41.5 Å². The second-order valence-corrected chi connectivity index (χ2v) is 8.52. The maximum Gasteiger partial charge on any atom is 0.275 e. The topological polar surface area (TPSA) is 75.2 Å². The predicted octanol–water partition coefficient (Wildman–Crippen LogP) is 4.78. The number of benzene rings is 2. The Kier molecular flexibility index (Phi) is 4.96. The first-order valence-electron chi connectivity index (χ1n) is 10.0. The number of aromatic nitrogens is 2. The van der Waals surface area contributed by atoms with E-state index < -0.39 is 0 Å². The number of nitrogens with zero attached hydrogens (tertiary/aromatic N) is 3. The summed E-state index contributed by atoms with van der Waals surface area (Å²) in [7, 11) is 0. The van der Waals surface area contributed by atoms with Gasteiger partial charge in [-0.15, -0.1) is 0 Å². The molecular weight excluding hydrogens is 396 g/mol. The Morgan fingerprint density at radius 1 is 1.07 bits per heavy atom. The van der Waals surface area contributed by atoms with Crippen LogP contribution in [0.25, 0.3) is 0 Å². The molecule has 0 unspecified atom stereocenters. The summed E-state index contributed by atoms with van der Waals surface area (Å²) in [6.45, 7) is 0. The highest BCUT2D eigenvalue weighted by molar-refractivity contribution is 7.99. The van der Waals surface area contributed by atoms with Gasteiger partial charge in [0.2, 0.25) is 0 Å². The van der Waals surface area contributed by atoms with Gasteiger partial charge in [-0.05, 0) is 43.2 Å². The molecule has 1 N–H and O–H groups in total. The zero-order chi connectivity index (χ0) is 20.5. The second kappa shape index (κ2) is 7.91. The van der Waals surface area contributed by atoms with Gasteiger partial charge in [-0.1, -0.05) is 36.7 Å². The van der Waals surface area contributed by atoms with E-state index >= 15 is 0 Å². The Morgan fingerprint density at radius 3 is 2.70 bits per heavy atom. The summed E-state index contributed by atoms with van der Waals surface area (Å²) in [6, 6.07) is 13.7. The van der Waals surface area contributed by atoms with Gasteiger partial charge in [0.25, 0.3) is 11.8 Å². The largest absolute Gasteiger partial charge is 0.321 e. The van der Waals surface area contributed by atoms with Crippen molar-refractivity contribution >= 4 is 35.0 Å². The van der Waals surface area contributed by atoms with Crippen LogP contribution in [-0.2, 0) is 0 Å². The molecule has 0 spiro atoms. The number of amides is 2. The fourth-order valence-corrected chi connectivity index (χ4v) is 5.20. The molecule has 0 atom stereocenters. The maximum absolute atomic E-state index is 13.5. The van der Waals surface area contributed by atoms with E-state index in [0.29, 0.717) is 5.69 Å². The van der Waals surface area contributed by atoms with Crippen molar-refractivity contribution in [3.05, 3.63) is 72.3 Å². The lowest BCUT2D eigenvalue weighted by Gasteiger charge is -2.29. The van der Waals surface area contributed by atoms with Crippen LogP contribution in [0.5, 0.6) is 0 Å². The predicted molar refractivity (Wildman–Crippen MR) is 116 cm³/mol. The number of carbonyl (C=O) groups excluding carboxylic acids is 2. The highest BCUT2D eigenvalue weighted by atomic mass is 32.2. The van der Waals surface area contributed by atoms with Crippen molar-refractivity contribution in [1.82, 2.24) is 9.97 Å². The highest BCUT2D eigenvalue weighted by Gasteiger charge is 2.34. The van der Waals surface area contributed by atoms with Gasteiger partial charge in [0.15, 0.2) is 0 Å². The third-order valence-corrected chi connectivity index (χ3v) is 6.64. The van der Waals surface area contributed by atoms with Gasteiger partial charge in [0.1, 0.15) is 5.69 Å². The number of anilines is 2. The molecule has 2 aliphatic rings. The molecule has 1 aliphatic carbocycles. The molecule has 2 heterocycles. The van der Waals surface area contributed by atoms with E-state index in [-0.39, 0.29) is 23.6 Å². The zero-order valence-corrected chi connectivity index (χ0v) is 17.1. The van der Waals surface area contributed by atoms with Crippen LogP contribution in [0.1, 0.15) is 46.5 Å². The number of hydrogen-bond donors (Lipinski definition) is 1. The SMILES string of the molecule is O=C(Nc1ccc2c(c1)Sc1ccccc1C(=O)N2C1CCCC1)c1cnccn1. The number of rotatable bonds is 3. The maximum atomic E-state index is 13.5. The highest BCUT2D eigenvalue weighted by Crippen LogP contribution is 2.44. The summed E-state index contributed by atoms with van der Waals surface area (Å²) in [4.78, 5) is 37.8. The van der Waals surface area contributed by atoms with Gasteiger partial charge >= 0.3 is 0 Å². The van der Waals surface area contributed by atoms with E-state index in [2.05, 4.69) is 15.3 Å². The molecule has 30 heavy (non-hydrogen) atoms. The fraction of sp³-hybridized carbons (Fsp3) is 0.217. The standard InChI is InChI=1S/C23H20N4O2S/c28-22(18-14-24-11-12-25-18)26-15-9-10-19-21(13-15)30-20-8-4-3-7-17(20)23(29)27(19)16-5-1-2-6-16/h3-4,7-14,16H,1-2,5-6H2,(H,26,28). The van der Waals surface area contributed by atoms with Crippen LogP contribution in [0.4, 0.5) is 11.4 Å². The molecule has 1 fully saturated rings. The Balaban J connectivity index is 1.53. The number of carbonyl (C=O) groups is 2. The molecule has 1 aromatic heterocycles. The Hall–Kier alpha value is -3.19. The van der Waals surface area contributed by atoms with E-state index in [4.69, 9.17) is 0 Å². The molecule has 7 heteroatoms. The van der Waals surface area contributed by atoms with Crippen LogP contribution >= 0.6 is 11.8 Å². The van der Waals surface area contributed by atoms with Gasteiger partial charge in [0.05, 0.1) is 17.4 Å². The molecule has 5 rings (SSSR count). The second-order valence-electron chi connectivity index (χ2n) is 7.44. The summed E-state index contributed by atoms with van der Waals surface area (Å²) < 4.78 is 0. The van der Waals surface area contributed by atoms with Gasteiger partial charge in [-0.2, -0.15) is 0 Å². The molecule has 0 saturated heterocycles. The number of nitrogens with one attached hydrogen (secondary N) is 1. The van der Waals surface area contributed by atoms with Crippen molar-refractivity contribution in [2.24, 2.45) is 0 Å². The fourth-order valence-electron chi connectivity index (χ4n) is 4.10. The van der Waals surface area contributed by atoms with Crippen LogP contribution < -0.4 is 10.2 Å². The van der Waals surface area contributed by atoms with Crippen molar-refractivity contribution in [2.75, 3.05) is 10.2 Å². The summed E-state index contributed by atoms with van der Waals surface area (Å²) in [5.74, 6) is -0.258. The van der Waals surface area contributed by atoms with Crippen LogP contribution in [0.3, 0.4) is 0 Å². The Labute approximate surface area is 178 Å². The van der Waals surface area contributed by atoms with Gasteiger partial charge < -0.3 is 10.2 Å². The van der Waals surface area contributed by atoms with Crippen LogP contribution in [0.15, 0.2) is 70.8 Å². The minimum absolute atomic E-state index is 0.0556. The minimum Gasteiger partial charge on any atom is -0.321 e. The van der Waals surface area contributed by atoms with Crippen molar-refractivity contribution in [3.8, 4) is 0 Å². The van der Waals surface area contributed by atoms with E-state index in [1.165, 1.54) is 18.6 Å². The first-order valence-corrected chi connectivity index (χ1v) is 10.8. The Bertz CT molecular complexity index is 1110. The molecule has 0 radical (unpaired) electrons. The number of hydrogen-bond acceptors (Lipinski definition) is 5. The lowest BCUT2D eigenvalue weighted by atomic mass is 10.1. The van der Waals surface area contributed by atoms with Gasteiger partial charge in [-0.25, -0.2) is 4.98 Å². The molecule has 6 nitrogen and oxygen atoms in total. The molecule has 2 amide bonds. The van der Waals surface area contributed by atoms with Gasteiger partial charge in [0, 0.05) is 33.9 Å². The summed E-state index contributed by atoms with van der Waals surface area (Å²) in [5.41, 5.74) is 2.56. The quantitative estimate of drug-likeness (QED) is 0.665. The molecular formula is C23H20N4O2S. The van der Waals surface area contributed by atoms with Crippen LogP contribution in [0, 0.1) is 0 Å². The lowest BCUT2D eigenvalue weighted by molar-refractivity contribution is 0.0972. The van der Waals surface area contributed by atoms with Crippen molar-refractivity contribution < 1.29 is 9.59 Å². The average molecular weight is 417 g/mol. The number of fused-ring (bicyclic) bond motifs is 2. The minimum atomic E-state index is -0.314.